The number of para-hydroxylation sites is 1. The number of hydrogen-bond acceptors (Lipinski definition) is 3. The molecule has 1 heterocycles. The van der Waals surface area contributed by atoms with Crippen LogP contribution in [0.4, 0.5) is 4.39 Å². The van der Waals surface area contributed by atoms with E-state index in [2.05, 4.69) is 24.3 Å². The molecular formula is C23H24ClFN4O2. The average Bonchev–Trinajstić information content (AvgIpc) is 3.18. The third-order valence-electron chi connectivity index (χ3n) is 5.82. The van der Waals surface area contributed by atoms with Crippen LogP contribution in [0.25, 0.3) is 10.9 Å². The zero-order valence-corrected chi connectivity index (χ0v) is 18.2. The molecule has 1 atom stereocenters. The Kier molecular flexibility index (Phi) is 5.71. The summed E-state index contributed by atoms with van der Waals surface area (Å²) in [6.45, 7) is 4.11. The SMILES string of the molecule is CC1(C)CC1N(CC(=O)NCc1cccc(Cl)c1F)C(=O)Cn1ncc2ccccc21. The number of halogens is 2. The topological polar surface area (TPSA) is 67.2 Å². The van der Waals surface area contributed by atoms with Crippen LogP contribution in [0.15, 0.2) is 48.7 Å². The number of aromatic nitrogens is 2. The molecular weight excluding hydrogens is 419 g/mol. The molecule has 31 heavy (non-hydrogen) atoms. The lowest BCUT2D eigenvalue weighted by Crippen LogP contribution is -2.44. The van der Waals surface area contributed by atoms with Gasteiger partial charge in [-0.3, -0.25) is 14.3 Å². The van der Waals surface area contributed by atoms with Crippen LogP contribution >= 0.6 is 11.6 Å². The van der Waals surface area contributed by atoms with Crippen LogP contribution in [-0.4, -0.2) is 39.1 Å². The Hall–Kier alpha value is -2.93. The average molecular weight is 443 g/mol. The van der Waals surface area contributed by atoms with Gasteiger partial charge in [-0.15, -0.1) is 0 Å². The summed E-state index contributed by atoms with van der Waals surface area (Å²) < 4.78 is 15.7. The monoisotopic (exact) mass is 442 g/mol. The van der Waals surface area contributed by atoms with Crippen molar-refractivity contribution in [1.29, 1.82) is 0 Å². The van der Waals surface area contributed by atoms with E-state index in [1.165, 1.54) is 6.07 Å². The van der Waals surface area contributed by atoms with Crippen LogP contribution in [0.2, 0.25) is 5.02 Å². The lowest BCUT2D eigenvalue weighted by atomic mass is 10.1. The molecule has 0 aliphatic heterocycles. The molecule has 1 fully saturated rings. The zero-order chi connectivity index (χ0) is 22.2. The molecule has 1 aromatic heterocycles. The largest absolute Gasteiger partial charge is 0.350 e. The van der Waals surface area contributed by atoms with Gasteiger partial charge in [0.15, 0.2) is 0 Å². The van der Waals surface area contributed by atoms with Gasteiger partial charge in [-0.2, -0.15) is 5.10 Å². The van der Waals surface area contributed by atoms with E-state index >= 15 is 0 Å². The summed E-state index contributed by atoms with van der Waals surface area (Å²) in [5.74, 6) is -1.07. The normalized spacial score (nSPS) is 16.8. The molecule has 8 heteroatoms. The molecule has 1 saturated carbocycles. The number of amides is 2. The van der Waals surface area contributed by atoms with Crippen LogP contribution in [0.5, 0.6) is 0 Å². The fourth-order valence-electron chi connectivity index (χ4n) is 3.80. The summed E-state index contributed by atoms with van der Waals surface area (Å²) in [5.41, 5.74) is 1.13. The molecule has 1 aliphatic rings. The standard InChI is InChI=1S/C23H24ClFN4O2/c1-23(2)10-19(23)28(13-20(30)26-11-16-7-5-8-17(24)22(16)25)21(31)14-29-18-9-4-3-6-15(18)12-27-29/h3-9,12,19H,10-11,13-14H2,1-2H3,(H,26,30). The molecule has 1 unspecified atom stereocenters. The van der Waals surface area contributed by atoms with Gasteiger partial charge in [0.05, 0.1) is 23.3 Å². The Labute approximate surface area is 185 Å². The van der Waals surface area contributed by atoms with E-state index in [-0.39, 0.29) is 47.9 Å². The molecule has 0 bridgehead atoms. The van der Waals surface area contributed by atoms with Crippen LogP contribution in [-0.2, 0) is 22.7 Å². The van der Waals surface area contributed by atoms with Gasteiger partial charge in [-0.05, 0) is 24.0 Å². The Balaban J connectivity index is 1.44. The van der Waals surface area contributed by atoms with E-state index in [0.29, 0.717) is 5.56 Å². The molecule has 2 aromatic carbocycles. The van der Waals surface area contributed by atoms with Gasteiger partial charge in [0, 0.05) is 23.5 Å². The third-order valence-corrected chi connectivity index (χ3v) is 6.11. The molecule has 6 nitrogen and oxygen atoms in total. The molecule has 1 N–H and O–H groups in total. The lowest BCUT2D eigenvalue weighted by Gasteiger charge is -2.24. The molecule has 0 radical (unpaired) electrons. The number of rotatable bonds is 7. The Morgan fingerprint density at radius 1 is 1.26 bits per heavy atom. The second-order valence-corrected chi connectivity index (χ2v) is 8.99. The maximum absolute atomic E-state index is 14.1. The van der Waals surface area contributed by atoms with Gasteiger partial charge < -0.3 is 10.2 Å². The molecule has 0 saturated heterocycles. The molecule has 0 spiro atoms. The van der Waals surface area contributed by atoms with Crippen LogP contribution in [0, 0.1) is 11.2 Å². The first-order valence-electron chi connectivity index (χ1n) is 10.2. The summed E-state index contributed by atoms with van der Waals surface area (Å²) in [7, 11) is 0. The number of nitrogens with one attached hydrogen (secondary N) is 1. The van der Waals surface area contributed by atoms with Crippen molar-refractivity contribution >= 4 is 34.3 Å². The highest BCUT2D eigenvalue weighted by atomic mass is 35.5. The quantitative estimate of drug-likeness (QED) is 0.605. The minimum absolute atomic E-state index is 0.00507. The Bertz CT molecular complexity index is 1140. The third kappa shape index (κ3) is 4.56. The van der Waals surface area contributed by atoms with Crippen molar-refractivity contribution in [3.05, 3.63) is 65.1 Å². The second kappa shape index (κ2) is 8.30. The van der Waals surface area contributed by atoms with Gasteiger partial charge in [0.1, 0.15) is 12.4 Å². The van der Waals surface area contributed by atoms with Crippen molar-refractivity contribution in [2.45, 2.75) is 39.4 Å². The first-order chi connectivity index (χ1) is 14.8. The van der Waals surface area contributed by atoms with Crippen molar-refractivity contribution < 1.29 is 14.0 Å². The highest BCUT2D eigenvalue weighted by Crippen LogP contribution is 2.48. The number of fused-ring (bicyclic) bond motifs is 1. The zero-order valence-electron chi connectivity index (χ0n) is 17.4. The van der Waals surface area contributed by atoms with Crippen molar-refractivity contribution in [2.24, 2.45) is 5.41 Å². The van der Waals surface area contributed by atoms with Gasteiger partial charge >= 0.3 is 0 Å². The molecule has 162 valence electrons. The fourth-order valence-corrected chi connectivity index (χ4v) is 4.00. The second-order valence-electron chi connectivity index (χ2n) is 8.58. The number of benzene rings is 2. The van der Waals surface area contributed by atoms with Crippen LogP contribution < -0.4 is 5.32 Å². The highest BCUT2D eigenvalue weighted by molar-refractivity contribution is 6.30. The maximum atomic E-state index is 14.1. The number of nitrogens with zero attached hydrogens (tertiary/aromatic N) is 3. The first-order valence-corrected chi connectivity index (χ1v) is 10.5. The Morgan fingerprint density at radius 2 is 2.00 bits per heavy atom. The minimum Gasteiger partial charge on any atom is -0.350 e. The van der Waals surface area contributed by atoms with Crippen LogP contribution in [0.1, 0.15) is 25.8 Å². The predicted octanol–water partition coefficient (Wildman–Crippen LogP) is 3.77. The first kappa shape index (κ1) is 21.3. The van der Waals surface area contributed by atoms with Crippen LogP contribution in [0.3, 0.4) is 0 Å². The molecule has 3 aromatic rings. The number of carbonyl (C=O) groups is 2. The molecule has 2 amide bonds. The predicted molar refractivity (Wildman–Crippen MR) is 117 cm³/mol. The van der Waals surface area contributed by atoms with Crippen molar-refractivity contribution in [3.63, 3.8) is 0 Å². The summed E-state index contributed by atoms with van der Waals surface area (Å²) in [4.78, 5) is 27.4. The minimum atomic E-state index is -0.550. The van der Waals surface area contributed by atoms with Crippen molar-refractivity contribution in [3.8, 4) is 0 Å². The fraction of sp³-hybridized carbons (Fsp3) is 0.348. The van der Waals surface area contributed by atoms with E-state index in [9.17, 15) is 14.0 Å². The van der Waals surface area contributed by atoms with E-state index in [4.69, 9.17) is 11.6 Å². The Morgan fingerprint density at radius 3 is 2.74 bits per heavy atom. The van der Waals surface area contributed by atoms with Gasteiger partial charge in [-0.25, -0.2) is 4.39 Å². The van der Waals surface area contributed by atoms with Gasteiger partial charge in [-0.1, -0.05) is 55.8 Å². The summed E-state index contributed by atoms with van der Waals surface area (Å²) in [6, 6.07) is 12.3. The summed E-state index contributed by atoms with van der Waals surface area (Å²) in [5, 5.41) is 7.98. The van der Waals surface area contributed by atoms with Gasteiger partial charge in [0.2, 0.25) is 11.8 Å². The van der Waals surface area contributed by atoms with Crippen molar-refractivity contribution in [1.82, 2.24) is 20.0 Å². The number of hydrogen-bond donors (Lipinski definition) is 1. The van der Waals surface area contributed by atoms with Crippen molar-refractivity contribution in [2.75, 3.05) is 6.54 Å². The highest BCUT2D eigenvalue weighted by Gasteiger charge is 2.51. The smallest absolute Gasteiger partial charge is 0.245 e. The number of carbonyl (C=O) groups excluding carboxylic acids is 2. The summed E-state index contributed by atoms with van der Waals surface area (Å²) >= 11 is 5.80. The lowest BCUT2D eigenvalue weighted by molar-refractivity contribution is -0.137. The van der Waals surface area contributed by atoms with E-state index in [1.807, 2.05) is 24.3 Å². The van der Waals surface area contributed by atoms with Gasteiger partial charge in [0.25, 0.3) is 0 Å². The molecule has 4 rings (SSSR count). The summed E-state index contributed by atoms with van der Waals surface area (Å²) in [6.07, 6.45) is 2.55. The van der Waals surface area contributed by atoms with E-state index < -0.39 is 5.82 Å². The van der Waals surface area contributed by atoms with E-state index in [0.717, 1.165) is 17.3 Å². The molecule has 1 aliphatic carbocycles. The van der Waals surface area contributed by atoms with E-state index in [1.54, 1.807) is 27.9 Å². The maximum Gasteiger partial charge on any atom is 0.245 e.